The third-order valence-corrected chi connectivity index (χ3v) is 6.82. The molecule has 2 aliphatic rings. The predicted molar refractivity (Wildman–Crippen MR) is 151 cm³/mol. The first-order chi connectivity index (χ1) is 18.8. The van der Waals surface area contributed by atoms with Crippen LogP contribution in [0.25, 0.3) is 0 Å². The molecule has 1 atom stereocenters. The van der Waals surface area contributed by atoms with Gasteiger partial charge in [0, 0.05) is 17.7 Å². The molecule has 0 saturated heterocycles. The van der Waals surface area contributed by atoms with E-state index < -0.39 is 41.4 Å². The van der Waals surface area contributed by atoms with E-state index >= 15 is 4.39 Å². The van der Waals surface area contributed by atoms with Gasteiger partial charge in [0.15, 0.2) is 29.2 Å². The van der Waals surface area contributed by atoms with Crippen LogP contribution in [0.1, 0.15) is 54.2 Å². The largest absolute Gasteiger partial charge is 0.493 e. The number of amides is 1. The Morgan fingerprint density at radius 1 is 1.24 bits per heavy atom. The quantitative estimate of drug-likeness (QED) is 0.326. The summed E-state index contributed by atoms with van der Waals surface area (Å²) in [5.41, 5.74) is 0.815. The van der Waals surface area contributed by atoms with Crippen LogP contribution in [-0.2, 0) is 21.5 Å². The summed E-state index contributed by atoms with van der Waals surface area (Å²) in [6.07, 6.45) is -1.91. The highest BCUT2D eigenvalue weighted by atomic mass is 79.9. The number of rotatable bonds is 8. The lowest BCUT2D eigenvalue weighted by Crippen LogP contribution is -2.47. The van der Waals surface area contributed by atoms with Crippen LogP contribution in [0.3, 0.4) is 0 Å². The molecule has 0 radical (unpaired) electrons. The van der Waals surface area contributed by atoms with E-state index in [1.54, 1.807) is 12.1 Å². The lowest BCUT2D eigenvalue weighted by Gasteiger charge is -2.36. The number of halogens is 2. The molecule has 2 heterocycles. The number of nitrogens with zero attached hydrogens (tertiary/aromatic N) is 3. The molecule has 0 fully saturated rings. The van der Waals surface area contributed by atoms with Crippen molar-refractivity contribution < 1.29 is 38.1 Å². The Morgan fingerprint density at radius 3 is 2.49 bits per heavy atom. The number of anilines is 1. The van der Waals surface area contributed by atoms with E-state index in [0.29, 0.717) is 11.1 Å². The number of fused-ring (bicyclic) bond motifs is 2. The average Bonchev–Trinajstić information content (AvgIpc) is 3.19. The second-order valence-corrected chi connectivity index (χ2v) is 10.5. The summed E-state index contributed by atoms with van der Waals surface area (Å²) in [7, 11) is 2.67. The van der Waals surface area contributed by atoms with Gasteiger partial charge in [-0.2, -0.15) is 5.26 Å². The normalized spacial score (nSPS) is 15.8. The first kappa shape index (κ1) is 31.3. The van der Waals surface area contributed by atoms with Gasteiger partial charge in [-0.05, 0) is 29.2 Å². The summed E-state index contributed by atoms with van der Waals surface area (Å²) in [5.74, 6) is -3.01. The fourth-order valence-electron chi connectivity index (χ4n) is 4.89. The molecular formula is C28H30BrFN4O7. The van der Waals surface area contributed by atoms with Gasteiger partial charge in [0.2, 0.25) is 0 Å². The lowest BCUT2D eigenvalue weighted by atomic mass is 9.83. The molecule has 11 nitrogen and oxygen atoms in total. The van der Waals surface area contributed by atoms with Crippen molar-refractivity contribution >= 4 is 46.2 Å². The summed E-state index contributed by atoms with van der Waals surface area (Å²) in [6.45, 7) is 5.05. The molecule has 13 heteroatoms. The smallest absolute Gasteiger partial charge is 0.307 e. The lowest BCUT2D eigenvalue weighted by molar-refractivity contribution is -0.142. The number of carboxylic acid groups (broad SMARTS) is 1. The van der Waals surface area contributed by atoms with Crippen LogP contribution < -0.4 is 19.1 Å². The molecule has 0 bridgehead atoms. The van der Waals surface area contributed by atoms with Crippen LogP contribution in [0.2, 0.25) is 0 Å². The Kier molecular flexibility index (Phi) is 8.98. The molecule has 2 aromatic carbocycles. The molecule has 1 unspecified atom stereocenters. The fraction of sp³-hybridized carbons (Fsp3) is 0.393. The van der Waals surface area contributed by atoms with Crippen molar-refractivity contribution in [3.63, 3.8) is 0 Å². The van der Waals surface area contributed by atoms with Crippen LogP contribution in [0.15, 0.2) is 18.2 Å². The van der Waals surface area contributed by atoms with Crippen molar-refractivity contribution in [1.29, 1.82) is 10.7 Å². The van der Waals surface area contributed by atoms with Crippen molar-refractivity contribution in [2.24, 2.45) is 0 Å². The van der Waals surface area contributed by atoms with Gasteiger partial charge in [0.25, 0.3) is 5.91 Å². The number of ketones is 1. The number of carboxylic acids is 1. The predicted octanol–water partition coefficient (Wildman–Crippen LogP) is 3.83. The number of nitriles is 1. The highest BCUT2D eigenvalue weighted by Crippen LogP contribution is 2.44. The summed E-state index contributed by atoms with van der Waals surface area (Å²) in [4.78, 5) is 40.5. The van der Waals surface area contributed by atoms with E-state index in [4.69, 9.17) is 19.6 Å². The van der Waals surface area contributed by atoms with Crippen molar-refractivity contribution in [1.82, 2.24) is 4.90 Å². The van der Waals surface area contributed by atoms with Gasteiger partial charge in [-0.3, -0.25) is 24.7 Å². The minimum absolute atomic E-state index is 0. The Labute approximate surface area is 246 Å². The number of amidine groups is 1. The second-order valence-electron chi connectivity index (χ2n) is 10.5. The van der Waals surface area contributed by atoms with Gasteiger partial charge in [-0.1, -0.05) is 20.8 Å². The Morgan fingerprint density at radius 2 is 1.93 bits per heavy atom. The number of Topliss-reactive ketones (excluding diaryl/α,β-unsaturated/α-hetero) is 1. The molecule has 2 aliphatic heterocycles. The minimum Gasteiger partial charge on any atom is -0.493 e. The summed E-state index contributed by atoms with van der Waals surface area (Å²) in [5, 5.41) is 27.2. The SMILES string of the molecule is Br.COc1cc2c(c(F)c1OC)C(=N)N(CC(=O)c1cc3c(c(C(C)(C)C)c1)OC(CC(=O)O)C(=O)N3CC#N)C2. The van der Waals surface area contributed by atoms with Gasteiger partial charge in [-0.15, -0.1) is 17.0 Å². The van der Waals surface area contributed by atoms with Gasteiger partial charge in [-0.25, -0.2) is 4.39 Å². The molecule has 1 amide bonds. The van der Waals surface area contributed by atoms with Crippen LogP contribution in [-0.4, -0.2) is 66.9 Å². The van der Waals surface area contributed by atoms with E-state index in [1.165, 1.54) is 25.2 Å². The number of hydrogen-bond acceptors (Lipinski definition) is 8. The highest BCUT2D eigenvalue weighted by molar-refractivity contribution is 8.93. The van der Waals surface area contributed by atoms with Crippen molar-refractivity contribution in [2.45, 2.75) is 45.3 Å². The van der Waals surface area contributed by atoms with Gasteiger partial charge >= 0.3 is 5.97 Å². The van der Waals surface area contributed by atoms with Gasteiger partial charge in [0.1, 0.15) is 18.1 Å². The van der Waals surface area contributed by atoms with Crippen LogP contribution in [0.5, 0.6) is 17.2 Å². The van der Waals surface area contributed by atoms with E-state index in [-0.39, 0.29) is 76.5 Å². The maximum absolute atomic E-state index is 15.2. The second kappa shape index (κ2) is 11.7. The molecule has 2 aromatic rings. The van der Waals surface area contributed by atoms with Crippen molar-refractivity contribution in [2.75, 3.05) is 32.2 Å². The molecule has 218 valence electrons. The highest BCUT2D eigenvalue weighted by Gasteiger charge is 2.40. The molecule has 4 rings (SSSR count). The average molecular weight is 633 g/mol. The Bertz CT molecular complexity index is 1480. The van der Waals surface area contributed by atoms with Crippen LogP contribution in [0.4, 0.5) is 10.1 Å². The number of nitrogens with one attached hydrogen (secondary N) is 1. The fourth-order valence-corrected chi connectivity index (χ4v) is 4.89. The van der Waals surface area contributed by atoms with Crippen LogP contribution in [0, 0.1) is 22.6 Å². The number of carbonyl (C=O) groups excluding carboxylic acids is 2. The molecule has 0 aromatic heterocycles. The van der Waals surface area contributed by atoms with E-state index in [0.717, 1.165) is 4.90 Å². The summed E-state index contributed by atoms with van der Waals surface area (Å²) < 4.78 is 31.4. The molecular weight excluding hydrogens is 603 g/mol. The summed E-state index contributed by atoms with van der Waals surface area (Å²) in [6, 6.07) is 6.52. The first-order valence-electron chi connectivity index (χ1n) is 12.4. The molecule has 0 aliphatic carbocycles. The van der Waals surface area contributed by atoms with E-state index in [9.17, 15) is 24.8 Å². The molecule has 41 heavy (non-hydrogen) atoms. The van der Waals surface area contributed by atoms with E-state index in [1.807, 2.05) is 26.8 Å². The number of ether oxygens (including phenoxy) is 3. The van der Waals surface area contributed by atoms with Gasteiger partial charge in [0.05, 0.1) is 44.5 Å². The number of aliphatic carboxylic acids is 1. The number of methoxy groups -OCH3 is 2. The van der Waals surface area contributed by atoms with Gasteiger partial charge < -0.3 is 24.2 Å². The first-order valence-corrected chi connectivity index (χ1v) is 12.4. The molecule has 0 spiro atoms. The Balaban J connectivity index is 0.00000462. The zero-order chi connectivity index (χ0) is 29.5. The van der Waals surface area contributed by atoms with Crippen LogP contribution >= 0.6 is 17.0 Å². The monoisotopic (exact) mass is 632 g/mol. The molecule has 0 saturated carbocycles. The number of benzene rings is 2. The topological polar surface area (TPSA) is 153 Å². The number of carbonyl (C=O) groups is 3. The van der Waals surface area contributed by atoms with E-state index in [2.05, 4.69) is 0 Å². The maximum Gasteiger partial charge on any atom is 0.307 e. The zero-order valence-electron chi connectivity index (χ0n) is 23.2. The minimum atomic E-state index is -1.33. The summed E-state index contributed by atoms with van der Waals surface area (Å²) >= 11 is 0. The third-order valence-electron chi connectivity index (χ3n) is 6.82. The molecule has 2 N–H and O–H groups in total. The zero-order valence-corrected chi connectivity index (χ0v) is 24.9. The Hall–Kier alpha value is -4.18. The standard InChI is InChI=1S/C28H29FN4O7.BrH/c1-28(2,3)16-8-14(9-17-24(16)40-20(11-21(35)36)27(37)33(17)7-6-30)18(34)13-32-12-15-10-19(38-4)25(39-5)23(29)22(15)26(32)31;/h8-10,20,31H,7,11-13H2,1-5H3,(H,35,36);1H. The number of hydrogen-bond donors (Lipinski definition) is 2. The third kappa shape index (κ3) is 5.69. The van der Waals surface area contributed by atoms with Crippen molar-refractivity contribution in [3.8, 4) is 23.3 Å². The van der Waals surface area contributed by atoms with Crippen molar-refractivity contribution in [3.05, 3.63) is 46.3 Å². The maximum atomic E-state index is 15.2.